The fourth-order valence-corrected chi connectivity index (χ4v) is 5.95. The summed E-state index contributed by atoms with van der Waals surface area (Å²) in [6.45, 7) is 5.78. The minimum Gasteiger partial charge on any atom is -0.379 e. The molecular formula is C29H31F3N6O3S. The smallest absolute Gasteiger partial charge is 0.379 e. The van der Waals surface area contributed by atoms with E-state index < -0.39 is 21.8 Å². The zero-order valence-corrected chi connectivity index (χ0v) is 24.2. The second kappa shape index (κ2) is 11.9. The first-order valence-electron chi connectivity index (χ1n) is 13.4. The van der Waals surface area contributed by atoms with E-state index in [4.69, 9.17) is 9.72 Å². The highest BCUT2D eigenvalue weighted by Gasteiger charge is 2.34. The zero-order chi connectivity index (χ0) is 30.1. The molecule has 0 unspecified atom stereocenters. The van der Waals surface area contributed by atoms with Crippen LogP contribution in [0.3, 0.4) is 0 Å². The number of nitrogens with one attached hydrogen (secondary N) is 1. The number of ether oxygens (including phenoxy) is 1. The number of nitrogens with zero attached hydrogens (tertiary/aromatic N) is 5. The molecular weight excluding hydrogens is 569 g/mol. The second-order valence-electron chi connectivity index (χ2n) is 10.3. The third-order valence-electron chi connectivity index (χ3n) is 7.13. The average Bonchev–Trinajstić information content (AvgIpc) is 2.97. The van der Waals surface area contributed by atoms with Gasteiger partial charge in [0.2, 0.25) is 10.0 Å². The molecule has 4 aromatic rings. The summed E-state index contributed by atoms with van der Waals surface area (Å²) in [5.74, 6) is 0.918. The number of aromatic nitrogens is 3. The summed E-state index contributed by atoms with van der Waals surface area (Å²) in [5, 5.41) is 3.84. The lowest BCUT2D eigenvalue weighted by atomic mass is 10.0. The molecule has 0 atom stereocenters. The van der Waals surface area contributed by atoms with Gasteiger partial charge in [0.25, 0.3) is 0 Å². The number of hydrogen-bond donors (Lipinski definition) is 1. The molecule has 0 bridgehead atoms. The van der Waals surface area contributed by atoms with Crippen molar-refractivity contribution < 1.29 is 26.3 Å². The highest BCUT2D eigenvalue weighted by Crippen LogP contribution is 2.37. The Balaban J connectivity index is 1.52. The van der Waals surface area contributed by atoms with Gasteiger partial charge in [0.05, 0.1) is 41.4 Å². The predicted octanol–water partition coefficient (Wildman–Crippen LogP) is 5.32. The van der Waals surface area contributed by atoms with Gasteiger partial charge < -0.3 is 10.1 Å². The van der Waals surface area contributed by atoms with Crippen LogP contribution in [0.2, 0.25) is 0 Å². The molecule has 13 heteroatoms. The number of anilines is 2. The van der Waals surface area contributed by atoms with Crippen molar-refractivity contribution >= 4 is 32.4 Å². The standard InChI is InChI=1S/C29H31F3N6O3S/c1-19(2)37(3)18-26-35-25-17-20(27-24(29(30,31)32)5-4-12-33-27)6-11-23(25)28(36-26)34-21-7-9-22(10-8-21)42(39,40)38-13-15-41-16-14-38/h4-12,17,19H,13-16,18H2,1-3H3,(H,34,35,36). The number of halogens is 3. The lowest BCUT2D eigenvalue weighted by molar-refractivity contribution is -0.137. The Hall–Kier alpha value is -3.65. The topological polar surface area (TPSA) is 101 Å². The molecule has 1 saturated heterocycles. The van der Waals surface area contributed by atoms with Crippen LogP contribution in [0.25, 0.3) is 22.2 Å². The highest BCUT2D eigenvalue weighted by atomic mass is 32.2. The van der Waals surface area contributed by atoms with Crippen molar-refractivity contribution in [1.82, 2.24) is 24.2 Å². The van der Waals surface area contributed by atoms with Crippen molar-refractivity contribution in [3.63, 3.8) is 0 Å². The first-order chi connectivity index (χ1) is 19.9. The summed E-state index contributed by atoms with van der Waals surface area (Å²) in [5.41, 5.74) is 0.303. The summed E-state index contributed by atoms with van der Waals surface area (Å²) in [6, 6.07) is 13.6. The van der Waals surface area contributed by atoms with Crippen molar-refractivity contribution in [1.29, 1.82) is 0 Å². The van der Waals surface area contributed by atoms with E-state index in [1.165, 1.54) is 28.7 Å². The van der Waals surface area contributed by atoms with Gasteiger partial charge in [-0.05, 0) is 69.4 Å². The van der Waals surface area contributed by atoms with Crippen LogP contribution in [0.1, 0.15) is 25.2 Å². The Morgan fingerprint density at radius 1 is 1.05 bits per heavy atom. The lowest BCUT2D eigenvalue weighted by Gasteiger charge is -2.26. The van der Waals surface area contributed by atoms with Gasteiger partial charge in [-0.25, -0.2) is 18.4 Å². The molecule has 9 nitrogen and oxygen atoms in total. The monoisotopic (exact) mass is 600 g/mol. The first-order valence-corrected chi connectivity index (χ1v) is 14.9. The van der Waals surface area contributed by atoms with E-state index in [1.54, 1.807) is 30.3 Å². The quantitative estimate of drug-likeness (QED) is 0.290. The van der Waals surface area contributed by atoms with Gasteiger partial charge in [-0.3, -0.25) is 9.88 Å². The third-order valence-corrected chi connectivity index (χ3v) is 9.04. The van der Waals surface area contributed by atoms with E-state index in [0.717, 1.165) is 6.07 Å². The van der Waals surface area contributed by atoms with Crippen LogP contribution in [-0.4, -0.2) is 72.0 Å². The SMILES string of the molecule is CC(C)N(C)Cc1nc(Nc2ccc(S(=O)(=O)N3CCOCC3)cc2)c2ccc(-c3ncccc3C(F)(F)F)cc2n1. The Morgan fingerprint density at radius 3 is 2.43 bits per heavy atom. The molecule has 0 spiro atoms. The van der Waals surface area contributed by atoms with Gasteiger partial charge in [-0.15, -0.1) is 0 Å². The van der Waals surface area contributed by atoms with E-state index in [9.17, 15) is 21.6 Å². The van der Waals surface area contributed by atoms with Crippen molar-refractivity contribution in [3.05, 3.63) is 72.2 Å². The summed E-state index contributed by atoms with van der Waals surface area (Å²) in [7, 11) is -1.72. The van der Waals surface area contributed by atoms with Crippen molar-refractivity contribution in [2.45, 2.75) is 37.5 Å². The number of pyridine rings is 1. The minimum atomic E-state index is -4.57. The number of fused-ring (bicyclic) bond motifs is 1. The fourth-order valence-electron chi connectivity index (χ4n) is 4.54. The predicted molar refractivity (Wildman–Crippen MR) is 154 cm³/mol. The summed E-state index contributed by atoms with van der Waals surface area (Å²) >= 11 is 0. The molecule has 0 aliphatic carbocycles. The number of morpholine rings is 1. The van der Waals surface area contributed by atoms with Gasteiger partial charge >= 0.3 is 6.18 Å². The molecule has 42 heavy (non-hydrogen) atoms. The average molecular weight is 601 g/mol. The Morgan fingerprint density at radius 2 is 1.76 bits per heavy atom. The number of hydrogen-bond acceptors (Lipinski definition) is 8. The maximum atomic E-state index is 13.7. The van der Waals surface area contributed by atoms with Crippen LogP contribution in [0.15, 0.2) is 65.7 Å². The highest BCUT2D eigenvalue weighted by molar-refractivity contribution is 7.89. The molecule has 0 radical (unpaired) electrons. The first kappa shape index (κ1) is 29.8. The van der Waals surface area contributed by atoms with Crippen LogP contribution >= 0.6 is 0 Å². The molecule has 0 amide bonds. The van der Waals surface area contributed by atoms with E-state index >= 15 is 0 Å². The molecule has 2 aromatic heterocycles. The van der Waals surface area contributed by atoms with Gasteiger partial charge in [0.15, 0.2) is 0 Å². The van der Waals surface area contributed by atoms with E-state index in [1.807, 2.05) is 25.8 Å². The number of alkyl halides is 3. The summed E-state index contributed by atoms with van der Waals surface area (Å²) < 4.78 is 73.9. The molecule has 3 heterocycles. The van der Waals surface area contributed by atoms with Crippen molar-refractivity contribution in [3.8, 4) is 11.3 Å². The molecule has 222 valence electrons. The molecule has 1 aliphatic heterocycles. The van der Waals surface area contributed by atoms with Crippen LogP contribution in [0.5, 0.6) is 0 Å². The molecule has 5 rings (SSSR count). The van der Waals surface area contributed by atoms with Crippen LogP contribution in [0, 0.1) is 0 Å². The normalized spacial score (nSPS) is 15.0. The molecule has 2 aromatic carbocycles. The van der Waals surface area contributed by atoms with Gasteiger partial charge in [-0.1, -0.05) is 6.07 Å². The number of rotatable bonds is 8. The van der Waals surface area contributed by atoms with Gasteiger partial charge in [0, 0.05) is 42.0 Å². The maximum Gasteiger partial charge on any atom is 0.418 e. The Kier molecular flexibility index (Phi) is 8.46. The Bertz CT molecular complexity index is 1670. The van der Waals surface area contributed by atoms with Crippen LogP contribution < -0.4 is 5.32 Å². The van der Waals surface area contributed by atoms with Crippen LogP contribution in [-0.2, 0) is 27.5 Å². The molecule has 1 N–H and O–H groups in total. The summed E-state index contributed by atoms with van der Waals surface area (Å²) in [6.07, 6.45) is -3.24. The van der Waals surface area contributed by atoms with Crippen molar-refractivity contribution in [2.75, 3.05) is 38.7 Å². The second-order valence-corrected chi connectivity index (χ2v) is 12.2. The van der Waals surface area contributed by atoms with Gasteiger partial charge in [-0.2, -0.15) is 17.5 Å². The zero-order valence-electron chi connectivity index (χ0n) is 23.4. The largest absolute Gasteiger partial charge is 0.418 e. The molecule has 1 aliphatic rings. The minimum absolute atomic E-state index is 0.169. The maximum absolute atomic E-state index is 13.7. The lowest BCUT2D eigenvalue weighted by Crippen LogP contribution is -2.40. The number of benzene rings is 2. The Labute approximate surface area is 242 Å². The number of sulfonamides is 1. The molecule has 1 fully saturated rings. The summed E-state index contributed by atoms with van der Waals surface area (Å²) in [4.78, 5) is 15.6. The fraction of sp³-hybridized carbons (Fsp3) is 0.345. The van der Waals surface area contributed by atoms with Crippen molar-refractivity contribution in [2.24, 2.45) is 0 Å². The van der Waals surface area contributed by atoms with E-state index in [2.05, 4.69) is 15.3 Å². The van der Waals surface area contributed by atoms with Gasteiger partial charge in [0.1, 0.15) is 11.6 Å². The van der Waals surface area contributed by atoms with Crippen LogP contribution in [0.4, 0.5) is 24.7 Å². The third kappa shape index (κ3) is 6.38. The molecule has 0 saturated carbocycles. The van der Waals surface area contributed by atoms with E-state index in [0.29, 0.717) is 61.1 Å². The van der Waals surface area contributed by atoms with E-state index in [-0.39, 0.29) is 22.2 Å².